The van der Waals surface area contributed by atoms with E-state index in [-0.39, 0.29) is 17.2 Å². The highest BCUT2D eigenvalue weighted by Crippen LogP contribution is 2.48. The zero-order valence-corrected chi connectivity index (χ0v) is 26.9. The van der Waals surface area contributed by atoms with E-state index in [4.69, 9.17) is 11.6 Å². The number of halogens is 2. The molecule has 0 aromatic heterocycles. The van der Waals surface area contributed by atoms with E-state index in [0.29, 0.717) is 25.8 Å². The fourth-order valence-corrected chi connectivity index (χ4v) is 4.67. The van der Waals surface area contributed by atoms with Crippen LogP contribution in [-0.2, 0) is 4.79 Å². The van der Waals surface area contributed by atoms with Crippen molar-refractivity contribution in [2.75, 3.05) is 20.6 Å². The number of nitrogens with two attached hydrogens (primary N) is 2. The highest BCUT2D eigenvalue weighted by molar-refractivity contribution is 5.95. The number of carbonyl (C=O) groups is 1. The van der Waals surface area contributed by atoms with Gasteiger partial charge in [-0.05, 0) is 103 Å². The van der Waals surface area contributed by atoms with Crippen LogP contribution in [0.4, 0.5) is 8.78 Å². The minimum absolute atomic E-state index is 0.0635. The molecule has 2 fully saturated rings. The van der Waals surface area contributed by atoms with Gasteiger partial charge in [-0.15, -0.1) is 0 Å². The number of hydrogen-bond acceptors (Lipinski definition) is 6. The molecule has 0 heterocycles. The number of hydrazine groups is 1. The van der Waals surface area contributed by atoms with Crippen molar-refractivity contribution in [3.05, 3.63) is 82.0 Å². The number of aliphatic imine (C=N–C) groups is 1. The number of allylic oxidation sites excluding steroid dienone is 10. The summed E-state index contributed by atoms with van der Waals surface area (Å²) in [6, 6.07) is 0. The lowest BCUT2D eigenvalue weighted by Crippen LogP contribution is -2.32. The Labute approximate surface area is 257 Å². The predicted molar refractivity (Wildman–Crippen MR) is 175 cm³/mol. The summed E-state index contributed by atoms with van der Waals surface area (Å²) in [5, 5.41) is 7.51. The smallest absolute Gasteiger partial charge is 0.276 e. The van der Waals surface area contributed by atoms with Gasteiger partial charge in [0.2, 0.25) is 0 Å². The van der Waals surface area contributed by atoms with Crippen LogP contribution in [0.25, 0.3) is 0 Å². The Bertz CT molecular complexity index is 1210. The molecular formula is C34H52F2N6O. The van der Waals surface area contributed by atoms with Crippen LogP contribution in [0.1, 0.15) is 85.5 Å². The van der Waals surface area contributed by atoms with Crippen molar-refractivity contribution in [1.29, 1.82) is 0 Å². The Kier molecular flexibility index (Phi) is 14.6. The molecule has 2 aliphatic rings. The molecule has 238 valence electrons. The van der Waals surface area contributed by atoms with Gasteiger partial charge in [-0.25, -0.2) is 14.6 Å². The van der Waals surface area contributed by atoms with E-state index in [0.717, 1.165) is 66.8 Å². The number of amides is 1. The third kappa shape index (κ3) is 11.6. The van der Waals surface area contributed by atoms with E-state index in [2.05, 4.69) is 15.6 Å². The summed E-state index contributed by atoms with van der Waals surface area (Å²) >= 11 is 0. The Morgan fingerprint density at radius 1 is 1.14 bits per heavy atom. The lowest BCUT2D eigenvalue weighted by molar-refractivity contribution is -0.117. The molecule has 0 radical (unpaired) electrons. The van der Waals surface area contributed by atoms with E-state index < -0.39 is 11.8 Å². The Morgan fingerprint density at radius 2 is 1.84 bits per heavy atom. The molecule has 1 amide bonds. The fraction of sp³-hybridized carbons (Fsp3) is 0.529. The van der Waals surface area contributed by atoms with Gasteiger partial charge in [0.25, 0.3) is 11.8 Å². The molecule has 6 N–H and O–H groups in total. The monoisotopic (exact) mass is 598 g/mol. The Morgan fingerprint density at radius 3 is 2.35 bits per heavy atom. The maximum Gasteiger partial charge on any atom is 0.276 e. The van der Waals surface area contributed by atoms with E-state index in [1.54, 1.807) is 32.2 Å². The zero-order chi connectivity index (χ0) is 32.0. The lowest BCUT2D eigenvalue weighted by Gasteiger charge is -2.25. The number of unbranched alkanes of at least 4 members (excludes halogenated alkanes) is 1. The first kappa shape index (κ1) is 35.7. The third-order valence-electron chi connectivity index (χ3n) is 7.79. The molecule has 0 spiro atoms. The average Bonchev–Trinajstić information content (AvgIpc) is 3.80. The molecule has 43 heavy (non-hydrogen) atoms. The number of rotatable bonds is 17. The van der Waals surface area contributed by atoms with Crippen LogP contribution in [0.5, 0.6) is 0 Å². The topological polar surface area (TPSA) is 109 Å². The number of nitrogens with zero attached hydrogens (tertiary/aromatic N) is 2. The summed E-state index contributed by atoms with van der Waals surface area (Å²) in [4.78, 5) is 16.0. The van der Waals surface area contributed by atoms with Crippen LogP contribution in [0.3, 0.4) is 0 Å². The largest absolute Gasteiger partial charge is 0.393 e. The van der Waals surface area contributed by atoms with Gasteiger partial charge < -0.3 is 21.4 Å². The quantitative estimate of drug-likeness (QED) is 0.0372. The minimum atomic E-state index is -2.81. The summed E-state index contributed by atoms with van der Waals surface area (Å²) in [5.41, 5.74) is 12.2. The molecule has 7 nitrogen and oxygen atoms in total. The molecule has 0 bridgehead atoms. The Balaban J connectivity index is 2.08. The molecule has 0 atom stereocenters. The standard InChI is InChI=1S/C34H52F2N6O/c1-7-12-28(34(35,36)27-16-17-27)21-26(24(3)4)22-32(25-13-11-14-25)41-29(8-2)18-19-30(39-5)15-9-10-20-42(38)23-31(37)33(43)40-6/h7-8,12,18-19,21,23,27,41H,9-11,13-17,20,22,37-38H2,1-6H3,(H,40,43)/b12-7-,19-18-,28-21+,29-8-,31-23-,39-30?. The number of nitrogens with one attached hydrogen (secondary N) is 2. The maximum absolute atomic E-state index is 15.1. The zero-order valence-electron chi connectivity index (χ0n) is 26.9. The van der Waals surface area contributed by atoms with Crippen molar-refractivity contribution >= 4 is 11.6 Å². The molecule has 9 heteroatoms. The lowest BCUT2D eigenvalue weighted by atomic mass is 9.87. The molecule has 2 aliphatic carbocycles. The highest BCUT2D eigenvalue weighted by atomic mass is 19.3. The summed E-state index contributed by atoms with van der Waals surface area (Å²) < 4.78 is 30.3. The SMILES string of the molecule is C/C=C\C(=C/C(CC(NC(/C=C\C(CCCCN(N)/C=C(\N)C(=O)NC)=NC)=C\C)=C1CCC1)=C(C)C)C(F)(F)C1CC1. The van der Waals surface area contributed by atoms with Crippen molar-refractivity contribution in [2.45, 2.75) is 91.4 Å². The molecule has 2 saturated carbocycles. The average molecular weight is 599 g/mol. The van der Waals surface area contributed by atoms with E-state index in [9.17, 15) is 4.79 Å². The van der Waals surface area contributed by atoms with E-state index in [1.807, 2.05) is 39.0 Å². The van der Waals surface area contributed by atoms with Gasteiger partial charge in [0, 0.05) is 61.9 Å². The van der Waals surface area contributed by atoms with Crippen LogP contribution in [0.15, 0.2) is 87.0 Å². The molecule has 0 aromatic rings. The van der Waals surface area contributed by atoms with Crippen molar-refractivity contribution < 1.29 is 13.6 Å². The maximum atomic E-state index is 15.1. The van der Waals surface area contributed by atoms with Crippen LogP contribution in [-0.4, -0.2) is 43.2 Å². The molecule has 0 saturated heterocycles. The van der Waals surface area contributed by atoms with E-state index in [1.165, 1.54) is 23.8 Å². The predicted octanol–water partition coefficient (Wildman–Crippen LogP) is 6.71. The van der Waals surface area contributed by atoms with Gasteiger partial charge in [0.05, 0.1) is 0 Å². The highest BCUT2D eigenvalue weighted by Gasteiger charge is 2.48. The number of carbonyl (C=O) groups excluding carboxylic acids is 1. The van der Waals surface area contributed by atoms with Gasteiger partial charge in [-0.1, -0.05) is 29.4 Å². The first-order valence-corrected chi connectivity index (χ1v) is 15.3. The van der Waals surface area contributed by atoms with Gasteiger partial charge in [0.15, 0.2) is 0 Å². The summed E-state index contributed by atoms with van der Waals surface area (Å²) in [7, 11) is 3.29. The van der Waals surface area contributed by atoms with E-state index >= 15 is 8.78 Å². The molecule has 0 aliphatic heterocycles. The molecule has 2 rings (SSSR count). The van der Waals surface area contributed by atoms with Crippen LogP contribution in [0, 0.1) is 5.92 Å². The molecule has 0 unspecified atom stereocenters. The molecule has 0 aromatic carbocycles. The van der Waals surface area contributed by atoms with Gasteiger partial charge in [0.1, 0.15) is 5.70 Å². The second kappa shape index (κ2) is 17.6. The number of hydrogen-bond donors (Lipinski definition) is 4. The van der Waals surface area contributed by atoms with Crippen molar-refractivity contribution in [3.8, 4) is 0 Å². The van der Waals surface area contributed by atoms with Gasteiger partial charge in [-0.2, -0.15) is 0 Å². The second-order valence-electron chi connectivity index (χ2n) is 11.4. The van der Waals surface area contributed by atoms with Crippen molar-refractivity contribution in [3.63, 3.8) is 0 Å². The summed E-state index contributed by atoms with van der Waals surface area (Å²) in [5.74, 6) is 2.21. The normalized spacial score (nSPS) is 16.9. The fourth-order valence-electron chi connectivity index (χ4n) is 4.67. The van der Waals surface area contributed by atoms with Crippen LogP contribution < -0.4 is 22.2 Å². The Hall–Kier alpha value is -3.46. The van der Waals surface area contributed by atoms with Gasteiger partial charge in [-0.3, -0.25) is 9.79 Å². The third-order valence-corrected chi connectivity index (χ3v) is 7.79. The summed E-state index contributed by atoms with van der Waals surface area (Å²) in [6.07, 6.45) is 19.8. The van der Waals surface area contributed by atoms with Crippen LogP contribution in [0.2, 0.25) is 0 Å². The minimum Gasteiger partial charge on any atom is -0.393 e. The number of alkyl halides is 2. The summed E-state index contributed by atoms with van der Waals surface area (Å²) in [6.45, 7) is 8.32. The van der Waals surface area contributed by atoms with Crippen molar-refractivity contribution in [1.82, 2.24) is 15.6 Å². The second-order valence-corrected chi connectivity index (χ2v) is 11.4. The number of likely N-dealkylation sites (N-methyl/N-ethyl adjacent to an activating group) is 1. The first-order valence-electron chi connectivity index (χ1n) is 15.3. The van der Waals surface area contributed by atoms with Gasteiger partial charge >= 0.3 is 0 Å². The molecular weight excluding hydrogens is 546 g/mol. The first-order chi connectivity index (χ1) is 20.5. The van der Waals surface area contributed by atoms with Crippen LogP contribution >= 0.6 is 0 Å². The van der Waals surface area contributed by atoms with Crippen molar-refractivity contribution in [2.24, 2.45) is 22.5 Å².